The van der Waals surface area contributed by atoms with Crippen LogP contribution in [0, 0.1) is 5.41 Å². The number of ether oxygens (including phenoxy) is 3. The van der Waals surface area contributed by atoms with E-state index in [-0.39, 0.29) is 6.10 Å². The number of carbonyl (C=O) groups is 1. The van der Waals surface area contributed by atoms with Crippen LogP contribution < -0.4 is 4.74 Å². The number of carboxylic acids is 1. The molecule has 1 aromatic carbocycles. The van der Waals surface area contributed by atoms with E-state index in [1.807, 2.05) is 35.0 Å². The molecule has 0 saturated heterocycles. The van der Waals surface area contributed by atoms with Gasteiger partial charge in [0.2, 0.25) is 0 Å². The topological polar surface area (TPSA) is 82.8 Å². The van der Waals surface area contributed by atoms with Gasteiger partial charge >= 0.3 is 5.97 Å². The van der Waals surface area contributed by atoms with E-state index in [2.05, 4.69) is 4.98 Å². The van der Waals surface area contributed by atoms with Crippen LogP contribution in [-0.4, -0.2) is 47.1 Å². The standard InChI is InChI=1S/C22H32N2O5/c1-22(2,21(25)26)10-4-5-13-29-20(14-24-12-11-23-17-24)16-28-15-18-6-8-19(27-3)9-7-18/h6-9,11-12,17,20H,4-5,10,13-16H2,1-3H3,(H,25,26)/t20-/m0/s1. The molecule has 0 aliphatic carbocycles. The van der Waals surface area contributed by atoms with Crippen LogP contribution in [0.25, 0.3) is 0 Å². The minimum absolute atomic E-state index is 0.102. The molecule has 1 aromatic heterocycles. The highest BCUT2D eigenvalue weighted by Gasteiger charge is 2.26. The van der Waals surface area contributed by atoms with Crippen LogP contribution in [0.2, 0.25) is 0 Å². The number of nitrogens with zero attached hydrogens (tertiary/aromatic N) is 2. The third-order valence-corrected chi connectivity index (χ3v) is 4.83. The Kier molecular flexibility index (Phi) is 9.15. The third-order valence-electron chi connectivity index (χ3n) is 4.83. The van der Waals surface area contributed by atoms with Crippen molar-refractivity contribution in [2.24, 2.45) is 5.41 Å². The molecule has 0 bridgehead atoms. The van der Waals surface area contributed by atoms with E-state index in [1.54, 1.807) is 33.5 Å². The van der Waals surface area contributed by atoms with Gasteiger partial charge in [-0.1, -0.05) is 18.6 Å². The Labute approximate surface area is 172 Å². The first kappa shape index (κ1) is 22.9. The van der Waals surface area contributed by atoms with Gasteiger partial charge in [-0.25, -0.2) is 4.98 Å². The fourth-order valence-electron chi connectivity index (χ4n) is 2.84. The molecule has 0 amide bonds. The summed E-state index contributed by atoms with van der Waals surface area (Å²) >= 11 is 0. The van der Waals surface area contributed by atoms with Crippen LogP contribution in [-0.2, 0) is 27.4 Å². The summed E-state index contributed by atoms with van der Waals surface area (Å²) in [6.45, 7) is 5.70. The molecule has 7 heteroatoms. The second kappa shape index (κ2) is 11.6. The number of aliphatic carboxylic acids is 1. The van der Waals surface area contributed by atoms with Gasteiger partial charge < -0.3 is 23.9 Å². The SMILES string of the molecule is COc1ccc(COC[C@H](Cn2ccnc2)OCCCCC(C)(C)C(=O)O)cc1. The minimum atomic E-state index is -0.761. The molecule has 7 nitrogen and oxygen atoms in total. The molecular formula is C22H32N2O5. The Morgan fingerprint density at radius 3 is 2.62 bits per heavy atom. The number of methoxy groups -OCH3 is 1. The number of imidazole rings is 1. The smallest absolute Gasteiger partial charge is 0.309 e. The van der Waals surface area contributed by atoms with E-state index < -0.39 is 11.4 Å². The quantitative estimate of drug-likeness (QED) is 0.483. The Morgan fingerprint density at radius 2 is 2.00 bits per heavy atom. The van der Waals surface area contributed by atoms with E-state index in [9.17, 15) is 9.90 Å². The van der Waals surface area contributed by atoms with Crippen LogP contribution in [0.15, 0.2) is 43.0 Å². The van der Waals surface area contributed by atoms with E-state index in [0.29, 0.717) is 32.8 Å². The van der Waals surface area contributed by atoms with Crippen LogP contribution in [0.5, 0.6) is 5.75 Å². The van der Waals surface area contributed by atoms with Crippen LogP contribution in [0.4, 0.5) is 0 Å². The lowest BCUT2D eigenvalue weighted by atomic mass is 9.87. The largest absolute Gasteiger partial charge is 0.497 e. The zero-order chi connectivity index (χ0) is 21.1. The van der Waals surface area contributed by atoms with Crippen molar-refractivity contribution in [2.75, 3.05) is 20.3 Å². The maximum atomic E-state index is 11.2. The molecule has 1 N–H and O–H groups in total. The summed E-state index contributed by atoms with van der Waals surface area (Å²) in [5.41, 5.74) is 0.376. The third kappa shape index (κ3) is 8.25. The van der Waals surface area contributed by atoms with Crippen molar-refractivity contribution in [3.63, 3.8) is 0 Å². The summed E-state index contributed by atoms with van der Waals surface area (Å²) < 4.78 is 19.0. The Morgan fingerprint density at radius 1 is 1.24 bits per heavy atom. The average Bonchev–Trinajstić information content (AvgIpc) is 3.21. The summed E-state index contributed by atoms with van der Waals surface area (Å²) in [4.78, 5) is 15.3. The van der Waals surface area contributed by atoms with Gasteiger partial charge in [-0.2, -0.15) is 0 Å². The fraction of sp³-hybridized carbons (Fsp3) is 0.545. The Bertz CT molecular complexity index is 713. The zero-order valence-electron chi connectivity index (χ0n) is 17.5. The van der Waals surface area contributed by atoms with Gasteiger partial charge in [0.15, 0.2) is 0 Å². The molecule has 2 aromatic rings. The fourth-order valence-corrected chi connectivity index (χ4v) is 2.84. The molecule has 1 heterocycles. The second-order valence-corrected chi connectivity index (χ2v) is 7.76. The molecular weight excluding hydrogens is 372 g/mol. The molecule has 0 spiro atoms. The van der Waals surface area contributed by atoms with Crippen molar-refractivity contribution >= 4 is 5.97 Å². The maximum absolute atomic E-state index is 11.2. The zero-order valence-corrected chi connectivity index (χ0v) is 17.5. The lowest BCUT2D eigenvalue weighted by molar-refractivity contribution is -0.147. The van der Waals surface area contributed by atoms with Crippen molar-refractivity contribution in [2.45, 2.75) is 52.4 Å². The highest BCUT2D eigenvalue weighted by molar-refractivity contribution is 5.73. The number of unbranched alkanes of at least 4 members (excludes halogenated alkanes) is 1. The molecule has 0 aliphatic heterocycles. The van der Waals surface area contributed by atoms with E-state index >= 15 is 0 Å². The van der Waals surface area contributed by atoms with Gasteiger partial charge in [0, 0.05) is 19.0 Å². The van der Waals surface area contributed by atoms with Crippen molar-refractivity contribution < 1.29 is 24.1 Å². The second-order valence-electron chi connectivity index (χ2n) is 7.76. The highest BCUT2D eigenvalue weighted by atomic mass is 16.5. The summed E-state index contributed by atoms with van der Waals surface area (Å²) in [6, 6.07) is 7.79. The first-order valence-electron chi connectivity index (χ1n) is 9.92. The summed E-state index contributed by atoms with van der Waals surface area (Å²) in [7, 11) is 1.65. The average molecular weight is 405 g/mol. The van der Waals surface area contributed by atoms with Crippen molar-refractivity contribution in [1.29, 1.82) is 0 Å². The Hall–Kier alpha value is -2.38. The minimum Gasteiger partial charge on any atom is -0.497 e. The predicted molar refractivity (Wildman–Crippen MR) is 110 cm³/mol. The molecule has 0 radical (unpaired) electrons. The normalized spacial score (nSPS) is 12.7. The van der Waals surface area contributed by atoms with Gasteiger partial charge in [0.25, 0.3) is 0 Å². The molecule has 0 fully saturated rings. The van der Waals surface area contributed by atoms with Crippen LogP contribution >= 0.6 is 0 Å². The first-order valence-corrected chi connectivity index (χ1v) is 9.92. The molecule has 0 aliphatic rings. The molecule has 0 unspecified atom stereocenters. The summed E-state index contributed by atoms with van der Waals surface area (Å²) in [6.07, 6.45) is 7.55. The summed E-state index contributed by atoms with van der Waals surface area (Å²) in [5, 5.41) is 9.19. The highest BCUT2D eigenvalue weighted by Crippen LogP contribution is 2.23. The van der Waals surface area contributed by atoms with Crippen LogP contribution in [0.1, 0.15) is 38.7 Å². The maximum Gasteiger partial charge on any atom is 0.309 e. The molecule has 2 rings (SSSR count). The predicted octanol–water partition coefficient (Wildman–Crippen LogP) is 3.77. The first-order chi connectivity index (χ1) is 13.9. The van der Waals surface area contributed by atoms with E-state index in [0.717, 1.165) is 24.2 Å². The lowest BCUT2D eigenvalue weighted by Crippen LogP contribution is -2.26. The van der Waals surface area contributed by atoms with E-state index in [1.165, 1.54) is 0 Å². The van der Waals surface area contributed by atoms with Gasteiger partial charge in [0.05, 0.1) is 44.7 Å². The van der Waals surface area contributed by atoms with Crippen molar-refractivity contribution in [3.8, 4) is 5.75 Å². The van der Waals surface area contributed by atoms with Crippen molar-refractivity contribution in [1.82, 2.24) is 9.55 Å². The Balaban J connectivity index is 1.76. The number of hydrogen-bond donors (Lipinski definition) is 1. The van der Waals surface area contributed by atoms with E-state index in [4.69, 9.17) is 14.2 Å². The van der Waals surface area contributed by atoms with Crippen molar-refractivity contribution in [3.05, 3.63) is 48.5 Å². The molecule has 160 valence electrons. The van der Waals surface area contributed by atoms with Gasteiger partial charge in [-0.05, 0) is 44.4 Å². The monoisotopic (exact) mass is 404 g/mol. The number of carboxylic acid groups (broad SMARTS) is 1. The lowest BCUT2D eigenvalue weighted by Gasteiger charge is -2.20. The molecule has 1 atom stereocenters. The number of hydrogen-bond acceptors (Lipinski definition) is 5. The summed E-state index contributed by atoms with van der Waals surface area (Å²) in [5.74, 6) is 0.0597. The van der Waals surface area contributed by atoms with Gasteiger partial charge in [-0.3, -0.25) is 4.79 Å². The molecule has 0 saturated carbocycles. The number of benzene rings is 1. The number of aromatic nitrogens is 2. The molecule has 29 heavy (non-hydrogen) atoms. The van der Waals surface area contributed by atoms with Gasteiger partial charge in [0.1, 0.15) is 5.75 Å². The van der Waals surface area contributed by atoms with Gasteiger partial charge in [-0.15, -0.1) is 0 Å². The number of rotatable bonds is 14. The van der Waals surface area contributed by atoms with Crippen LogP contribution in [0.3, 0.4) is 0 Å².